The van der Waals surface area contributed by atoms with Crippen LogP contribution in [-0.2, 0) is 0 Å². The van der Waals surface area contributed by atoms with Crippen molar-refractivity contribution in [2.24, 2.45) is 0 Å². The lowest BCUT2D eigenvalue weighted by Crippen LogP contribution is -1.90. The van der Waals surface area contributed by atoms with Gasteiger partial charge in [-0.05, 0) is 40.2 Å². The van der Waals surface area contributed by atoms with Crippen molar-refractivity contribution in [1.82, 2.24) is 9.97 Å². The van der Waals surface area contributed by atoms with Gasteiger partial charge < -0.3 is 14.9 Å². The van der Waals surface area contributed by atoms with E-state index in [2.05, 4.69) is 9.97 Å². The van der Waals surface area contributed by atoms with Gasteiger partial charge in [0.1, 0.15) is 17.0 Å². The quantitative estimate of drug-likeness (QED) is 0.393. The van der Waals surface area contributed by atoms with E-state index >= 15 is 0 Å². The van der Waals surface area contributed by atoms with Crippen molar-refractivity contribution in [1.29, 1.82) is 0 Å². The zero-order chi connectivity index (χ0) is 16.9. The second-order valence-corrected chi connectivity index (χ2v) is 5.87. The number of hydrogen-bond donors (Lipinski definition) is 0. The summed E-state index contributed by atoms with van der Waals surface area (Å²) in [7, 11) is 1.64. The van der Waals surface area contributed by atoms with Crippen LogP contribution < -0.4 is 4.74 Å². The Hall–Kier alpha value is -3.06. The van der Waals surface area contributed by atoms with Crippen LogP contribution in [-0.4, -0.2) is 22.0 Å². The maximum atomic E-state index is 10.5. The number of ether oxygens (including phenoxy) is 1. The molecule has 0 saturated carbocycles. The molecule has 0 saturated heterocycles. The van der Waals surface area contributed by atoms with E-state index in [1.807, 2.05) is 42.5 Å². The highest BCUT2D eigenvalue weighted by molar-refractivity contribution is 7.19. The third-order valence-corrected chi connectivity index (χ3v) is 4.19. The molecule has 0 radical (unpaired) electrons. The van der Waals surface area contributed by atoms with Crippen LogP contribution in [0, 0.1) is 10.1 Å². The van der Waals surface area contributed by atoms with Gasteiger partial charge in [0.15, 0.2) is 0 Å². The highest BCUT2D eigenvalue weighted by Crippen LogP contribution is 2.26. The molecule has 0 atom stereocenters. The van der Waals surface area contributed by atoms with Crippen molar-refractivity contribution in [3.8, 4) is 5.75 Å². The first kappa shape index (κ1) is 15.8. The van der Waals surface area contributed by atoms with Gasteiger partial charge in [0.05, 0.1) is 17.3 Å². The van der Waals surface area contributed by atoms with Crippen LogP contribution >= 0.6 is 11.3 Å². The Balaban J connectivity index is 1.70. The van der Waals surface area contributed by atoms with Crippen LogP contribution in [0.4, 0.5) is 5.82 Å². The van der Waals surface area contributed by atoms with E-state index in [9.17, 15) is 10.1 Å². The number of hydrogen-bond acceptors (Lipinski definition) is 6. The number of pyridine rings is 1. The van der Waals surface area contributed by atoms with E-state index in [1.54, 1.807) is 24.5 Å². The zero-order valence-corrected chi connectivity index (χ0v) is 13.6. The van der Waals surface area contributed by atoms with E-state index < -0.39 is 4.92 Å². The van der Waals surface area contributed by atoms with Gasteiger partial charge in [0, 0.05) is 11.6 Å². The second kappa shape index (κ2) is 7.01. The minimum Gasteiger partial charge on any atom is -0.497 e. The molecule has 6 nitrogen and oxygen atoms in total. The third kappa shape index (κ3) is 3.64. The maximum Gasteiger partial charge on any atom is 0.363 e. The Morgan fingerprint density at radius 2 is 2.04 bits per heavy atom. The molecule has 0 amide bonds. The van der Waals surface area contributed by atoms with Crippen LogP contribution in [0.2, 0.25) is 0 Å². The summed E-state index contributed by atoms with van der Waals surface area (Å²) in [5.74, 6) is 0.653. The molecule has 3 rings (SSSR count). The molecule has 120 valence electrons. The average molecular weight is 339 g/mol. The number of nitro groups is 1. The topological polar surface area (TPSA) is 78.2 Å². The maximum absolute atomic E-state index is 10.5. The Kier molecular flexibility index (Phi) is 4.62. The molecule has 0 aliphatic carbocycles. The molecule has 0 bridgehead atoms. The summed E-state index contributed by atoms with van der Waals surface area (Å²) in [6, 6.07) is 8.81. The Morgan fingerprint density at radius 1 is 1.21 bits per heavy atom. The molecule has 2 aromatic heterocycles. The zero-order valence-electron chi connectivity index (χ0n) is 12.7. The van der Waals surface area contributed by atoms with Crippen molar-refractivity contribution < 1.29 is 9.66 Å². The largest absolute Gasteiger partial charge is 0.497 e. The van der Waals surface area contributed by atoms with E-state index in [4.69, 9.17) is 4.74 Å². The summed E-state index contributed by atoms with van der Waals surface area (Å²) in [5.41, 5.74) is 1.73. The monoisotopic (exact) mass is 339 g/mol. The molecule has 7 heteroatoms. The fourth-order valence-corrected chi connectivity index (χ4v) is 2.94. The predicted octanol–water partition coefficient (Wildman–Crippen LogP) is 4.33. The SMILES string of the molecule is COc1ccc2nc(/C=C/C=C/c3ccc([N+](=O)[O-])nc3)sc2c1. The van der Waals surface area contributed by atoms with E-state index in [1.165, 1.54) is 12.3 Å². The summed E-state index contributed by atoms with van der Waals surface area (Å²) >= 11 is 1.58. The normalized spacial score (nSPS) is 11.5. The van der Waals surface area contributed by atoms with E-state index in [0.29, 0.717) is 0 Å². The van der Waals surface area contributed by atoms with Crippen molar-refractivity contribution in [3.63, 3.8) is 0 Å². The second-order valence-electron chi connectivity index (χ2n) is 4.81. The fourth-order valence-electron chi connectivity index (χ4n) is 2.03. The lowest BCUT2D eigenvalue weighted by molar-refractivity contribution is -0.389. The van der Waals surface area contributed by atoms with Crippen molar-refractivity contribution >= 4 is 39.5 Å². The van der Waals surface area contributed by atoms with Gasteiger partial charge in [-0.25, -0.2) is 4.98 Å². The minimum atomic E-state index is -0.518. The van der Waals surface area contributed by atoms with Crippen molar-refractivity contribution in [2.45, 2.75) is 0 Å². The Labute approximate surface area is 141 Å². The van der Waals surface area contributed by atoms with Crippen molar-refractivity contribution in [3.05, 3.63) is 69.4 Å². The van der Waals surface area contributed by atoms with Gasteiger partial charge in [-0.3, -0.25) is 0 Å². The lowest BCUT2D eigenvalue weighted by Gasteiger charge is -1.96. The third-order valence-electron chi connectivity index (χ3n) is 3.21. The van der Waals surface area contributed by atoms with Gasteiger partial charge in [0.25, 0.3) is 0 Å². The van der Waals surface area contributed by atoms with Gasteiger partial charge in [-0.1, -0.05) is 18.2 Å². The molecule has 0 fully saturated rings. The number of thiazole rings is 1. The van der Waals surface area contributed by atoms with Crippen molar-refractivity contribution in [2.75, 3.05) is 7.11 Å². The highest BCUT2D eigenvalue weighted by atomic mass is 32.1. The molecule has 0 aliphatic rings. The number of rotatable bonds is 5. The molecule has 0 aliphatic heterocycles. The van der Waals surface area contributed by atoms with Crippen LogP contribution in [0.1, 0.15) is 10.6 Å². The molecule has 24 heavy (non-hydrogen) atoms. The standard InChI is InChI=1S/C17H13N3O3S/c1-23-13-7-8-14-15(10-13)24-17(19-14)5-3-2-4-12-6-9-16(18-11-12)20(21)22/h2-11H,1H3/b4-2+,5-3+. The smallest absolute Gasteiger partial charge is 0.363 e. The number of fused-ring (bicyclic) bond motifs is 1. The number of allylic oxidation sites excluding steroid dienone is 2. The molecule has 0 N–H and O–H groups in total. The van der Waals surface area contributed by atoms with Crippen LogP contribution in [0.25, 0.3) is 22.4 Å². The minimum absolute atomic E-state index is 0.160. The number of methoxy groups -OCH3 is 1. The van der Waals surface area contributed by atoms with E-state index in [-0.39, 0.29) is 5.82 Å². The van der Waals surface area contributed by atoms with Crippen LogP contribution in [0.5, 0.6) is 5.75 Å². The number of nitrogens with zero attached hydrogens (tertiary/aromatic N) is 3. The fraction of sp³-hybridized carbons (Fsp3) is 0.0588. The molecule has 2 heterocycles. The van der Waals surface area contributed by atoms with Gasteiger partial charge in [-0.2, -0.15) is 0 Å². The highest BCUT2D eigenvalue weighted by Gasteiger charge is 2.04. The van der Waals surface area contributed by atoms with Gasteiger partial charge in [0.2, 0.25) is 0 Å². The van der Waals surface area contributed by atoms with Gasteiger partial charge >= 0.3 is 5.82 Å². The molecule has 1 aromatic carbocycles. The average Bonchev–Trinajstić information content (AvgIpc) is 3.00. The van der Waals surface area contributed by atoms with Gasteiger partial charge in [-0.15, -0.1) is 11.3 Å². The first-order valence-electron chi connectivity index (χ1n) is 7.05. The summed E-state index contributed by atoms with van der Waals surface area (Å²) in [5, 5.41) is 11.4. The summed E-state index contributed by atoms with van der Waals surface area (Å²) < 4.78 is 6.27. The first-order chi connectivity index (χ1) is 11.7. The molecular weight excluding hydrogens is 326 g/mol. The summed E-state index contributed by atoms with van der Waals surface area (Å²) in [6.45, 7) is 0. The number of benzene rings is 1. The Bertz CT molecular complexity index is 930. The molecular formula is C17H13N3O3S. The molecule has 0 spiro atoms. The Morgan fingerprint density at radius 3 is 2.75 bits per heavy atom. The molecule has 0 unspecified atom stereocenters. The first-order valence-corrected chi connectivity index (χ1v) is 7.87. The summed E-state index contributed by atoms with van der Waals surface area (Å²) in [4.78, 5) is 18.3. The predicted molar refractivity (Wildman–Crippen MR) is 95.1 cm³/mol. The summed E-state index contributed by atoms with van der Waals surface area (Å²) in [6.07, 6.45) is 8.91. The number of aromatic nitrogens is 2. The van der Waals surface area contributed by atoms with Crippen LogP contribution in [0.3, 0.4) is 0 Å². The molecule has 3 aromatic rings. The lowest BCUT2D eigenvalue weighted by atomic mass is 10.2. The van der Waals surface area contributed by atoms with E-state index in [0.717, 1.165) is 26.5 Å². The van der Waals surface area contributed by atoms with Crippen LogP contribution in [0.15, 0.2) is 48.7 Å².